The molecule has 1 aromatic carbocycles. The minimum atomic E-state index is 0.481. The van der Waals surface area contributed by atoms with E-state index in [1.807, 2.05) is 37.3 Å². The number of nitrogens with zero attached hydrogens (tertiary/aromatic N) is 1. The number of guanidine groups is 1. The molecule has 0 fully saturated rings. The Balaban J connectivity index is 2.15. The number of aliphatic imine (C=N–C) groups is 1. The lowest BCUT2D eigenvalue weighted by Crippen LogP contribution is -2.32. The van der Waals surface area contributed by atoms with E-state index in [-0.39, 0.29) is 0 Å². The van der Waals surface area contributed by atoms with Crippen molar-refractivity contribution < 1.29 is 4.74 Å². The Bertz CT molecular complexity index is 388. The highest BCUT2D eigenvalue weighted by Crippen LogP contribution is 2.00. The summed E-state index contributed by atoms with van der Waals surface area (Å²) >= 11 is 0. The lowest BCUT2D eigenvalue weighted by atomic mass is 10.2. The van der Waals surface area contributed by atoms with Crippen molar-refractivity contribution in [2.24, 2.45) is 10.7 Å². The second-order valence-electron chi connectivity index (χ2n) is 4.02. The summed E-state index contributed by atoms with van der Waals surface area (Å²) in [6, 6.07) is 10.1. The van der Waals surface area contributed by atoms with Crippen LogP contribution >= 0.6 is 0 Å². The van der Waals surface area contributed by atoms with Crippen molar-refractivity contribution in [3.8, 4) is 0 Å². The molecule has 0 bridgehead atoms. The largest absolute Gasteiger partial charge is 0.382 e. The molecule has 0 atom stereocenters. The summed E-state index contributed by atoms with van der Waals surface area (Å²) in [7, 11) is 0. The summed E-state index contributed by atoms with van der Waals surface area (Å²) in [5, 5.41) is 3.05. The normalized spacial score (nSPS) is 11.9. The number of hydrogen-bond acceptors (Lipinski definition) is 2. The van der Waals surface area contributed by atoms with E-state index in [1.54, 1.807) is 0 Å². The number of benzene rings is 1. The van der Waals surface area contributed by atoms with E-state index in [0.29, 0.717) is 12.5 Å². The fourth-order valence-electron chi connectivity index (χ4n) is 1.49. The quantitative estimate of drug-likeness (QED) is 0.427. The Morgan fingerprint density at radius 3 is 2.89 bits per heavy atom. The van der Waals surface area contributed by atoms with Gasteiger partial charge in [0.05, 0.1) is 6.54 Å². The summed E-state index contributed by atoms with van der Waals surface area (Å²) in [6.45, 7) is 4.87. The summed E-state index contributed by atoms with van der Waals surface area (Å²) in [5.74, 6) is 0.481. The van der Waals surface area contributed by atoms with Gasteiger partial charge < -0.3 is 15.8 Å². The number of nitrogens with two attached hydrogens (primary N) is 1. The molecule has 0 aliphatic heterocycles. The minimum Gasteiger partial charge on any atom is -0.382 e. The zero-order chi connectivity index (χ0) is 13.8. The molecule has 0 radical (unpaired) electrons. The molecular formula is C15H23N3O. The summed E-state index contributed by atoms with van der Waals surface area (Å²) in [5.41, 5.74) is 6.90. The Morgan fingerprint density at radius 2 is 2.16 bits per heavy atom. The van der Waals surface area contributed by atoms with Crippen LogP contribution in [0.2, 0.25) is 0 Å². The third kappa shape index (κ3) is 8.00. The average molecular weight is 261 g/mol. The Kier molecular flexibility index (Phi) is 8.14. The molecule has 0 saturated carbocycles. The van der Waals surface area contributed by atoms with Gasteiger partial charge in [-0.2, -0.15) is 0 Å². The second kappa shape index (κ2) is 10.1. The molecule has 4 nitrogen and oxygen atoms in total. The molecule has 104 valence electrons. The predicted molar refractivity (Wildman–Crippen MR) is 81.1 cm³/mol. The molecule has 0 saturated heterocycles. The molecular weight excluding hydrogens is 238 g/mol. The molecule has 3 N–H and O–H groups in total. The van der Waals surface area contributed by atoms with Crippen LogP contribution in [0.5, 0.6) is 0 Å². The van der Waals surface area contributed by atoms with Gasteiger partial charge in [-0.3, -0.25) is 0 Å². The molecule has 0 aliphatic carbocycles. The number of rotatable bonds is 8. The zero-order valence-electron chi connectivity index (χ0n) is 11.5. The van der Waals surface area contributed by atoms with Gasteiger partial charge in [0.25, 0.3) is 0 Å². The van der Waals surface area contributed by atoms with Crippen molar-refractivity contribution in [2.75, 3.05) is 26.3 Å². The molecule has 19 heavy (non-hydrogen) atoms. The molecule has 1 aromatic rings. The monoisotopic (exact) mass is 261 g/mol. The van der Waals surface area contributed by atoms with Gasteiger partial charge in [-0.05, 0) is 18.9 Å². The molecule has 1 rings (SSSR count). The zero-order valence-corrected chi connectivity index (χ0v) is 11.5. The molecule has 0 aliphatic rings. The van der Waals surface area contributed by atoms with Gasteiger partial charge in [-0.25, -0.2) is 4.99 Å². The van der Waals surface area contributed by atoms with Crippen LogP contribution in [0.3, 0.4) is 0 Å². The van der Waals surface area contributed by atoms with Crippen LogP contribution in [0.15, 0.2) is 41.4 Å². The van der Waals surface area contributed by atoms with Crippen LogP contribution in [-0.2, 0) is 4.74 Å². The summed E-state index contributed by atoms with van der Waals surface area (Å²) < 4.78 is 5.23. The van der Waals surface area contributed by atoms with Crippen LogP contribution in [0.1, 0.15) is 18.9 Å². The van der Waals surface area contributed by atoms with Gasteiger partial charge in [-0.1, -0.05) is 42.5 Å². The first-order chi connectivity index (χ1) is 9.33. The number of hydrogen-bond donors (Lipinski definition) is 2. The van der Waals surface area contributed by atoms with E-state index >= 15 is 0 Å². The van der Waals surface area contributed by atoms with E-state index in [9.17, 15) is 0 Å². The van der Waals surface area contributed by atoms with Crippen LogP contribution in [-0.4, -0.2) is 32.3 Å². The van der Waals surface area contributed by atoms with E-state index < -0.39 is 0 Å². The maximum atomic E-state index is 5.73. The lowest BCUT2D eigenvalue weighted by molar-refractivity contribution is 0.145. The predicted octanol–water partition coefficient (Wildman–Crippen LogP) is 2.03. The van der Waals surface area contributed by atoms with E-state index in [4.69, 9.17) is 10.5 Å². The lowest BCUT2D eigenvalue weighted by Gasteiger charge is -2.04. The summed E-state index contributed by atoms with van der Waals surface area (Å²) in [4.78, 5) is 4.21. The fraction of sp³-hybridized carbons (Fsp3) is 0.400. The molecule has 4 heteroatoms. The van der Waals surface area contributed by atoms with Crippen LogP contribution in [0, 0.1) is 0 Å². The van der Waals surface area contributed by atoms with E-state index in [0.717, 1.165) is 26.2 Å². The Morgan fingerprint density at radius 1 is 1.37 bits per heavy atom. The first kappa shape index (κ1) is 15.2. The maximum Gasteiger partial charge on any atom is 0.188 e. The van der Waals surface area contributed by atoms with Crippen molar-refractivity contribution in [1.82, 2.24) is 5.32 Å². The van der Waals surface area contributed by atoms with Gasteiger partial charge in [-0.15, -0.1) is 0 Å². The minimum absolute atomic E-state index is 0.481. The molecule has 0 amide bonds. The summed E-state index contributed by atoms with van der Waals surface area (Å²) in [6.07, 6.45) is 4.96. The van der Waals surface area contributed by atoms with Gasteiger partial charge in [0.1, 0.15) is 0 Å². The van der Waals surface area contributed by atoms with Gasteiger partial charge in [0, 0.05) is 19.8 Å². The van der Waals surface area contributed by atoms with Crippen molar-refractivity contribution >= 4 is 12.0 Å². The molecule has 0 unspecified atom stereocenters. The third-order valence-electron chi connectivity index (χ3n) is 2.45. The van der Waals surface area contributed by atoms with E-state index in [2.05, 4.69) is 22.4 Å². The van der Waals surface area contributed by atoms with Crippen LogP contribution in [0.25, 0.3) is 6.08 Å². The SMILES string of the molecule is CCOCCCNC(N)=NCC=Cc1ccccc1. The first-order valence-corrected chi connectivity index (χ1v) is 6.66. The molecule has 0 spiro atoms. The average Bonchev–Trinajstić information content (AvgIpc) is 2.44. The smallest absolute Gasteiger partial charge is 0.188 e. The number of nitrogens with one attached hydrogen (secondary N) is 1. The number of ether oxygens (including phenoxy) is 1. The highest BCUT2D eigenvalue weighted by atomic mass is 16.5. The van der Waals surface area contributed by atoms with E-state index in [1.165, 1.54) is 5.56 Å². The topological polar surface area (TPSA) is 59.6 Å². The van der Waals surface area contributed by atoms with Crippen LogP contribution in [0.4, 0.5) is 0 Å². The second-order valence-corrected chi connectivity index (χ2v) is 4.02. The first-order valence-electron chi connectivity index (χ1n) is 6.66. The molecule has 0 heterocycles. The van der Waals surface area contributed by atoms with Crippen molar-refractivity contribution in [3.63, 3.8) is 0 Å². The van der Waals surface area contributed by atoms with Gasteiger partial charge in [0.2, 0.25) is 0 Å². The molecule has 0 aromatic heterocycles. The maximum absolute atomic E-state index is 5.73. The standard InChI is InChI=1S/C15H23N3O/c1-2-19-13-7-12-18-15(16)17-11-6-10-14-8-4-3-5-9-14/h3-6,8-10H,2,7,11-13H2,1H3,(H3,16,17,18). The third-order valence-corrected chi connectivity index (χ3v) is 2.45. The van der Waals surface area contributed by atoms with Crippen molar-refractivity contribution in [2.45, 2.75) is 13.3 Å². The highest BCUT2D eigenvalue weighted by molar-refractivity contribution is 5.77. The van der Waals surface area contributed by atoms with Crippen molar-refractivity contribution in [3.05, 3.63) is 42.0 Å². The van der Waals surface area contributed by atoms with Crippen molar-refractivity contribution in [1.29, 1.82) is 0 Å². The fourth-order valence-corrected chi connectivity index (χ4v) is 1.49. The van der Waals surface area contributed by atoms with Gasteiger partial charge in [0.15, 0.2) is 5.96 Å². The highest BCUT2D eigenvalue weighted by Gasteiger charge is 1.90. The van der Waals surface area contributed by atoms with Crippen LogP contribution < -0.4 is 11.1 Å². The Labute approximate surface area is 115 Å². The van der Waals surface area contributed by atoms with Gasteiger partial charge >= 0.3 is 0 Å². The Hall–Kier alpha value is -1.81.